The second-order valence-corrected chi connectivity index (χ2v) is 3.21. The molecule has 0 spiro atoms. The Morgan fingerprint density at radius 3 is 3.09 bits per heavy atom. The van der Waals surface area contributed by atoms with E-state index in [9.17, 15) is 4.79 Å². The number of hydrogen-bond donors (Lipinski definition) is 3. The summed E-state index contributed by atoms with van der Waals surface area (Å²) < 4.78 is 0. The van der Waals surface area contributed by atoms with Crippen LogP contribution in [0.15, 0.2) is 0 Å². The van der Waals surface area contributed by atoms with Crippen LogP contribution in [0.25, 0.3) is 0 Å². The van der Waals surface area contributed by atoms with Gasteiger partial charge in [-0.1, -0.05) is 0 Å². The first-order chi connectivity index (χ1) is 5.36. The van der Waals surface area contributed by atoms with Gasteiger partial charge in [0.15, 0.2) is 0 Å². The molecule has 2 fully saturated rings. The molecule has 2 saturated heterocycles. The van der Waals surface area contributed by atoms with Crippen molar-refractivity contribution in [1.29, 1.82) is 0 Å². The maximum Gasteiger partial charge on any atom is 0.233 e. The minimum atomic E-state index is 0.124. The fourth-order valence-electron chi connectivity index (χ4n) is 1.72. The van der Waals surface area contributed by atoms with Crippen molar-refractivity contribution in [3.8, 4) is 0 Å². The summed E-state index contributed by atoms with van der Waals surface area (Å²) in [4.78, 5) is 10.9. The summed E-state index contributed by atoms with van der Waals surface area (Å²) in [5.41, 5.74) is 0. The quantitative estimate of drug-likeness (QED) is 0.390. The first kappa shape index (κ1) is 7.06. The average Bonchev–Trinajstić information content (AvgIpc) is 2.38. The Hall–Kier alpha value is -0.610. The van der Waals surface area contributed by atoms with E-state index in [4.69, 9.17) is 0 Å². The van der Waals surface area contributed by atoms with Gasteiger partial charge in [0.25, 0.3) is 0 Å². The van der Waals surface area contributed by atoms with Gasteiger partial charge in [-0.15, -0.1) is 0 Å². The molecule has 4 heteroatoms. The topological polar surface area (TPSA) is 53.2 Å². The number of rotatable bonds is 0. The van der Waals surface area contributed by atoms with E-state index in [1.54, 1.807) is 0 Å². The van der Waals surface area contributed by atoms with Crippen molar-refractivity contribution < 1.29 is 4.79 Å². The zero-order chi connectivity index (χ0) is 7.68. The predicted octanol–water partition coefficient (Wildman–Crippen LogP) is -1.71. The lowest BCUT2D eigenvalue weighted by molar-refractivity contribution is -0.119. The van der Waals surface area contributed by atoms with Crippen LogP contribution in [0, 0.1) is 5.92 Å². The van der Waals surface area contributed by atoms with E-state index in [2.05, 4.69) is 16.0 Å². The van der Waals surface area contributed by atoms with Crippen LogP contribution in [0.4, 0.5) is 0 Å². The molecule has 2 heterocycles. The van der Waals surface area contributed by atoms with Gasteiger partial charge in [-0.05, 0) is 0 Å². The third-order valence-electron chi connectivity index (χ3n) is 2.43. The zero-order valence-electron chi connectivity index (χ0n) is 6.39. The molecular weight excluding hydrogens is 142 g/mol. The molecule has 2 aliphatic heterocycles. The Bertz CT molecular complexity index is 155. The minimum absolute atomic E-state index is 0.124. The number of fused-ring (bicyclic) bond motifs is 1. The first-order valence-corrected chi connectivity index (χ1v) is 4.07. The molecule has 0 aromatic carbocycles. The Morgan fingerprint density at radius 1 is 1.27 bits per heavy atom. The van der Waals surface area contributed by atoms with E-state index in [1.807, 2.05) is 0 Å². The van der Waals surface area contributed by atoms with Crippen molar-refractivity contribution in [2.75, 3.05) is 26.2 Å². The molecule has 2 aliphatic rings. The Labute approximate surface area is 65.7 Å². The maximum atomic E-state index is 10.9. The summed E-state index contributed by atoms with van der Waals surface area (Å²) in [5, 5.41) is 9.39. The highest BCUT2D eigenvalue weighted by Crippen LogP contribution is 2.08. The van der Waals surface area contributed by atoms with Gasteiger partial charge < -0.3 is 16.0 Å². The standard InChI is InChI=1S/C7H13N3O/c11-7-4-9-6-3-8-1-5(6)2-10-7/h5-6,8-9H,1-4H2,(H,10,11). The second kappa shape index (κ2) is 2.79. The Kier molecular flexibility index (Phi) is 1.79. The summed E-state index contributed by atoms with van der Waals surface area (Å²) in [5.74, 6) is 0.709. The van der Waals surface area contributed by atoms with Crippen LogP contribution in [0.2, 0.25) is 0 Å². The van der Waals surface area contributed by atoms with Crippen LogP contribution in [-0.2, 0) is 4.79 Å². The number of carbonyl (C=O) groups excluding carboxylic acids is 1. The first-order valence-electron chi connectivity index (χ1n) is 4.07. The smallest absolute Gasteiger partial charge is 0.233 e. The lowest BCUT2D eigenvalue weighted by Crippen LogP contribution is -2.36. The molecule has 11 heavy (non-hydrogen) atoms. The fourth-order valence-corrected chi connectivity index (χ4v) is 1.72. The summed E-state index contributed by atoms with van der Waals surface area (Å²) in [6.07, 6.45) is 0. The molecule has 3 N–H and O–H groups in total. The van der Waals surface area contributed by atoms with E-state index in [1.165, 1.54) is 0 Å². The van der Waals surface area contributed by atoms with Crippen molar-refractivity contribution >= 4 is 5.91 Å². The molecule has 62 valence electrons. The van der Waals surface area contributed by atoms with Crippen molar-refractivity contribution in [1.82, 2.24) is 16.0 Å². The number of nitrogens with one attached hydrogen (secondary N) is 3. The Morgan fingerprint density at radius 2 is 2.18 bits per heavy atom. The van der Waals surface area contributed by atoms with Crippen molar-refractivity contribution in [2.24, 2.45) is 5.92 Å². The number of hydrogen-bond acceptors (Lipinski definition) is 3. The zero-order valence-corrected chi connectivity index (χ0v) is 6.39. The third kappa shape index (κ3) is 1.36. The molecular formula is C7H13N3O. The Balaban J connectivity index is 2.00. The largest absolute Gasteiger partial charge is 0.355 e. The van der Waals surface area contributed by atoms with Crippen LogP contribution in [0.3, 0.4) is 0 Å². The van der Waals surface area contributed by atoms with Crippen molar-refractivity contribution in [3.05, 3.63) is 0 Å². The molecule has 0 aromatic heterocycles. The molecule has 4 nitrogen and oxygen atoms in total. The van der Waals surface area contributed by atoms with Gasteiger partial charge in [0.1, 0.15) is 0 Å². The van der Waals surface area contributed by atoms with Crippen LogP contribution >= 0.6 is 0 Å². The summed E-state index contributed by atoms with van der Waals surface area (Å²) in [7, 11) is 0. The SMILES string of the molecule is O=C1CNC2CNCC2CN1. The molecule has 0 aromatic rings. The van der Waals surface area contributed by atoms with Gasteiger partial charge in [-0.3, -0.25) is 4.79 Å². The summed E-state index contributed by atoms with van der Waals surface area (Å²) in [6.45, 7) is 3.32. The van der Waals surface area contributed by atoms with E-state index >= 15 is 0 Å². The molecule has 0 radical (unpaired) electrons. The highest BCUT2D eigenvalue weighted by Gasteiger charge is 2.29. The lowest BCUT2D eigenvalue weighted by Gasteiger charge is -2.13. The molecule has 0 bridgehead atoms. The van der Waals surface area contributed by atoms with Gasteiger partial charge >= 0.3 is 0 Å². The van der Waals surface area contributed by atoms with E-state index in [-0.39, 0.29) is 5.91 Å². The fraction of sp³-hybridized carbons (Fsp3) is 0.857. The van der Waals surface area contributed by atoms with Gasteiger partial charge in [-0.2, -0.15) is 0 Å². The molecule has 2 rings (SSSR count). The van der Waals surface area contributed by atoms with Crippen LogP contribution in [-0.4, -0.2) is 38.1 Å². The summed E-state index contributed by atoms with van der Waals surface area (Å²) in [6, 6.07) is 0.494. The highest BCUT2D eigenvalue weighted by atomic mass is 16.1. The van der Waals surface area contributed by atoms with Gasteiger partial charge in [-0.25, -0.2) is 0 Å². The molecule has 2 unspecified atom stereocenters. The third-order valence-corrected chi connectivity index (χ3v) is 2.43. The molecule has 1 amide bonds. The minimum Gasteiger partial charge on any atom is -0.355 e. The van der Waals surface area contributed by atoms with Crippen LogP contribution < -0.4 is 16.0 Å². The average molecular weight is 155 g/mol. The van der Waals surface area contributed by atoms with Gasteiger partial charge in [0, 0.05) is 31.6 Å². The van der Waals surface area contributed by atoms with Gasteiger partial charge in [0.2, 0.25) is 5.91 Å². The monoisotopic (exact) mass is 155 g/mol. The lowest BCUT2D eigenvalue weighted by atomic mass is 10.1. The van der Waals surface area contributed by atoms with E-state index in [0.29, 0.717) is 18.5 Å². The van der Waals surface area contributed by atoms with E-state index in [0.717, 1.165) is 19.6 Å². The predicted molar refractivity (Wildman–Crippen MR) is 41.2 cm³/mol. The maximum absolute atomic E-state index is 10.9. The summed E-state index contributed by atoms with van der Waals surface area (Å²) >= 11 is 0. The molecule has 2 atom stereocenters. The van der Waals surface area contributed by atoms with Gasteiger partial charge in [0.05, 0.1) is 6.54 Å². The number of amides is 1. The normalized spacial score (nSPS) is 37.6. The van der Waals surface area contributed by atoms with Crippen LogP contribution in [0.5, 0.6) is 0 Å². The van der Waals surface area contributed by atoms with E-state index < -0.39 is 0 Å². The highest BCUT2D eigenvalue weighted by molar-refractivity contribution is 5.78. The van der Waals surface area contributed by atoms with Crippen molar-refractivity contribution in [3.63, 3.8) is 0 Å². The molecule has 0 aliphatic carbocycles. The van der Waals surface area contributed by atoms with Crippen molar-refractivity contribution in [2.45, 2.75) is 6.04 Å². The number of carbonyl (C=O) groups is 1. The van der Waals surface area contributed by atoms with Crippen LogP contribution in [0.1, 0.15) is 0 Å². The molecule has 0 saturated carbocycles. The second-order valence-electron chi connectivity index (χ2n) is 3.21.